The Bertz CT molecular complexity index is 700. The number of benzene rings is 1. The number of carbonyl (C=O) groups excluding carboxylic acids is 1. The largest absolute Gasteiger partial charge is 0.445 e. The number of amides is 1. The summed E-state index contributed by atoms with van der Waals surface area (Å²) in [5.41, 5.74) is 1.22. The Balaban J connectivity index is 1.72. The van der Waals surface area contributed by atoms with Crippen molar-refractivity contribution in [1.82, 2.24) is 10.3 Å². The maximum absolute atomic E-state index is 11.6. The highest BCUT2D eigenvalue weighted by atomic mass is 35.5. The molecule has 0 aliphatic rings. The molecule has 0 spiro atoms. The number of pyridine rings is 1. The van der Waals surface area contributed by atoms with E-state index in [2.05, 4.69) is 10.3 Å². The van der Waals surface area contributed by atoms with Gasteiger partial charge in [-0.1, -0.05) is 53.5 Å². The molecule has 134 valence electrons. The summed E-state index contributed by atoms with van der Waals surface area (Å²) in [7, 11) is 0. The number of aromatic nitrogens is 1. The molecule has 2 unspecified atom stereocenters. The maximum atomic E-state index is 11.6. The Labute approximate surface area is 155 Å². The summed E-state index contributed by atoms with van der Waals surface area (Å²) in [6.07, 6.45) is -1.43. The zero-order chi connectivity index (χ0) is 18.2. The number of nitrogens with zero attached hydrogens (tertiary/aromatic N) is 1. The number of ether oxygens (including phenoxy) is 1. The standard InChI is InChI=1S/C17H18Cl2N2O4/c18-13-8-12(9-21-16(13)19)15(23)14(22)6-7-20-17(24)25-10-11-4-2-1-3-5-11/h1-5,8-9,14-15,22-23H,6-7,10H2,(H,20,24). The van der Waals surface area contributed by atoms with Crippen molar-refractivity contribution in [2.45, 2.75) is 25.2 Å². The minimum Gasteiger partial charge on any atom is -0.445 e. The molecule has 0 saturated carbocycles. The summed E-state index contributed by atoms with van der Waals surface area (Å²) >= 11 is 11.5. The zero-order valence-corrected chi connectivity index (χ0v) is 14.7. The number of aliphatic hydroxyl groups excluding tert-OH is 2. The van der Waals surface area contributed by atoms with Gasteiger partial charge in [0.15, 0.2) is 0 Å². The molecule has 0 radical (unpaired) electrons. The molecule has 3 N–H and O–H groups in total. The Morgan fingerprint density at radius 2 is 1.96 bits per heavy atom. The second kappa shape index (κ2) is 9.58. The van der Waals surface area contributed by atoms with Crippen LogP contribution in [0, 0.1) is 0 Å². The summed E-state index contributed by atoms with van der Waals surface area (Å²) < 4.78 is 5.05. The monoisotopic (exact) mass is 384 g/mol. The molecule has 1 aromatic carbocycles. The third kappa shape index (κ3) is 6.17. The van der Waals surface area contributed by atoms with Crippen LogP contribution in [0.15, 0.2) is 42.6 Å². The number of nitrogens with one attached hydrogen (secondary N) is 1. The summed E-state index contributed by atoms with van der Waals surface area (Å²) in [6.45, 7) is 0.299. The molecule has 2 atom stereocenters. The molecule has 0 fully saturated rings. The highest BCUT2D eigenvalue weighted by molar-refractivity contribution is 6.41. The molecule has 0 aliphatic carbocycles. The van der Waals surface area contributed by atoms with E-state index in [0.717, 1.165) is 5.56 Å². The minimum atomic E-state index is -1.19. The lowest BCUT2D eigenvalue weighted by molar-refractivity contribution is 0.0134. The Hall–Kier alpha value is -1.86. The van der Waals surface area contributed by atoms with Crippen LogP contribution < -0.4 is 5.32 Å². The second-order valence-corrected chi connectivity index (χ2v) is 6.10. The van der Waals surface area contributed by atoms with Gasteiger partial charge in [-0.25, -0.2) is 9.78 Å². The third-order valence-electron chi connectivity index (χ3n) is 3.45. The highest BCUT2D eigenvalue weighted by Gasteiger charge is 2.20. The van der Waals surface area contributed by atoms with Gasteiger partial charge in [-0.05, 0) is 18.1 Å². The van der Waals surface area contributed by atoms with Crippen LogP contribution in [0.3, 0.4) is 0 Å². The third-order valence-corrected chi connectivity index (χ3v) is 4.13. The SMILES string of the molecule is O=C(NCCC(O)C(O)c1cnc(Cl)c(Cl)c1)OCc1ccccc1. The Kier molecular flexibility index (Phi) is 7.46. The van der Waals surface area contributed by atoms with E-state index in [0.29, 0.717) is 5.56 Å². The molecule has 0 aliphatic heterocycles. The molecule has 2 rings (SSSR count). The molecule has 1 aromatic heterocycles. The van der Waals surface area contributed by atoms with Crippen LogP contribution in [0.4, 0.5) is 4.79 Å². The van der Waals surface area contributed by atoms with Gasteiger partial charge in [0.1, 0.15) is 17.9 Å². The maximum Gasteiger partial charge on any atom is 0.407 e. The van der Waals surface area contributed by atoms with E-state index >= 15 is 0 Å². The average Bonchev–Trinajstić information content (AvgIpc) is 2.62. The predicted molar refractivity (Wildman–Crippen MR) is 94.5 cm³/mol. The fourth-order valence-electron chi connectivity index (χ4n) is 2.07. The number of hydrogen-bond donors (Lipinski definition) is 3. The molecular weight excluding hydrogens is 367 g/mol. The molecule has 1 amide bonds. The van der Waals surface area contributed by atoms with E-state index in [1.54, 1.807) is 0 Å². The molecule has 2 aromatic rings. The van der Waals surface area contributed by atoms with Gasteiger partial charge in [0.2, 0.25) is 0 Å². The Morgan fingerprint density at radius 1 is 1.24 bits per heavy atom. The minimum absolute atomic E-state index is 0.120. The molecule has 8 heteroatoms. The number of alkyl carbamates (subject to hydrolysis) is 1. The van der Waals surface area contributed by atoms with Crippen molar-refractivity contribution in [2.24, 2.45) is 0 Å². The number of carbonyl (C=O) groups is 1. The van der Waals surface area contributed by atoms with E-state index in [1.165, 1.54) is 12.3 Å². The summed E-state index contributed by atoms with van der Waals surface area (Å²) in [4.78, 5) is 15.4. The van der Waals surface area contributed by atoms with Crippen LogP contribution in [0.1, 0.15) is 23.7 Å². The molecule has 1 heterocycles. The van der Waals surface area contributed by atoms with E-state index in [1.807, 2.05) is 30.3 Å². The molecule has 6 nitrogen and oxygen atoms in total. The van der Waals surface area contributed by atoms with Crippen molar-refractivity contribution >= 4 is 29.3 Å². The normalized spacial score (nSPS) is 13.1. The average molecular weight is 385 g/mol. The number of rotatable bonds is 7. The van der Waals surface area contributed by atoms with Gasteiger partial charge in [0, 0.05) is 18.3 Å². The first kappa shape index (κ1) is 19.5. The lowest BCUT2D eigenvalue weighted by Gasteiger charge is -2.18. The van der Waals surface area contributed by atoms with Gasteiger partial charge >= 0.3 is 6.09 Å². The first-order valence-corrected chi connectivity index (χ1v) is 8.34. The molecule has 25 heavy (non-hydrogen) atoms. The smallest absolute Gasteiger partial charge is 0.407 e. The predicted octanol–water partition coefficient (Wildman–Crippen LogP) is 3.10. The van der Waals surface area contributed by atoms with Crippen molar-refractivity contribution in [1.29, 1.82) is 0 Å². The summed E-state index contributed by atoms with van der Waals surface area (Å²) in [6, 6.07) is 10.7. The van der Waals surface area contributed by atoms with Gasteiger partial charge in [-0.2, -0.15) is 0 Å². The number of aliphatic hydroxyl groups is 2. The van der Waals surface area contributed by atoms with Crippen molar-refractivity contribution in [3.05, 3.63) is 63.9 Å². The Morgan fingerprint density at radius 3 is 2.64 bits per heavy atom. The van der Waals surface area contributed by atoms with Crippen molar-refractivity contribution in [3.63, 3.8) is 0 Å². The quantitative estimate of drug-likeness (QED) is 0.637. The topological polar surface area (TPSA) is 91.7 Å². The van der Waals surface area contributed by atoms with Crippen LogP contribution >= 0.6 is 23.2 Å². The van der Waals surface area contributed by atoms with Gasteiger partial charge in [-0.15, -0.1) is 0 Å². The summed E-state index contributed by atoms with van der Waals surface area (Å²) in [5.74, 6) is 0. The lowest BCUT2D eigenvalue weighted by Crippen LogP contribution is -2.29. The second-order valence-electron chi connectivity index (χ2n) is 5.33. The van der Waals surface area contributed by atoms with Crippen LogP contribution in [-0.4, -0.2) is 33.9 Å². The fraction of sp³-hybridized carbons (Fsp3) is 0.294. The van der Waals surface area contributed by atoms with Gasteiger partial charge in [0.25, 0.3) is 0 Å². The molecule has 0 saturated heterocycles. The molecule has 0 bridgehead atoms. The van der Waals surface area contributed by atoms with E-state index in [9.17, 15) is 15.0 Å². The van der Waals surface area contributed by atoms with Crippen molar-refractivity contribution in [3.8, 4) is 0 Å². The first-order valence-electron chi connectivity index (χ1n) is 7.59. The fourth-order valence-corrected chi connectivity index (χ4v) is 2.35. The van der Waals surface area contributed by atoms with E-state index < -0.39 is 18.3 Å². The van der Waals surface area contributed by atoms with Crippen molar-refractivity contribution < 1.29 is 19.7 Å². The van der Waals surface area contributed by atoms with E-state index in [-0.39, 0.29) is 29.7 Å². The number of halogens is 2. The molecular formula is C17H18Cl2N2O4. The number of hydrogen-bond acceptors (Lipinski definition) is 5. The van der Waals surface area contributed by atoms with Crippen LogP contribution in [0.25, 0.3) is 0 Å². The van der Waals surface area contributed by atoms with E-state index in [4.69, 9.17) is 27.9 Å². The van der Waals surface area contributed by atoms with Crippen LogP contribution in [0.5, 0.6) is 0 Å². The highest BCUT2D eigenvalue weighted by Crippen LogP contribution is 2.25. The zero-order valence-electron chi connectivity index (χ0n) is 13.2. The summed E-state index contributed by atoms with van der Waals surface area (Å²) in [5, 5.41) is 22.9. The van der Waals surface area contributed by atoms with Gasteiger partial charge in [-0.3, -0.25) is 0 Å². The van der Waals surface area contributed by atoms with Crippen molar-refractivity contribution in [2.75, 3.05) is 6.54 Å². The first-order chi connectivity index (χ1) is 12.0. The van der Waals surface area contributed by atoms with Crippen LogP contribution in [0.2, 0.25) is 10.2 Å². The van der Waals surface area contributed by atoms with Gasteiger partial charge in [0.05, 0.1) is 11.1 Å². The lowest BCUT2D eigenvalue weighted by atomic mass is 10.0. The van der Waals surface area contributed by atoms with Crippen LogP contribution in [-0.2, 0) is 11.3 Å². The van der Waals surface area contributed by atoms with Gasteiger partial charge < -0.3 is 20.3 Å².